The van der Waals surface area contributed by atoms with Crippen LogP contribution in [0, 0.1) is 5.82 Å². The lowest BCUT2D eigenvalue weighted by molar-refractivity contribution is 0.448. The predicted molar refractivity (Wildman–Crippen MR) is 83.2 cm³/mol. The van der Waals surface area contributed by atoms with Gasteiger partial charge in [0.05, 0.1) is 11.4 Å². The second-order valence-corrected chi connectivity index (χ2v) is 5.72. The summed E-state index contributed by atoms with van der Waals surface area (Å²) in [5, 5.41) is 8.09. The van der Waals surface area contributed by atoms with Gasteiger partial charge in [0.2, 0.25) is 0 Å². The number of aromatic nitrogens is 3. The minimum Gasteiger partial charge on any atom is -0.316 e. The first kappa shape index (κ1) is 13.4. The average molecular weight is 296 g/mol. The molecule has 0 saturated carbocycles. The Morgan fingerprint density at radius 2 is 2.18 bits per heavy atom. The molecule has 112 valence electrons. The molecule has 1 N–H and O–H groups in total. The van der Waals surface area contributed by atoms with Gasteiger partial charge in [-0.15, -0.1) is 0 Å². The molecule has 5 heteroatoms. The molecule has 1 aromatic carbocycles. The summed E-state index contributed by atoms with van der Waals surface area (Å²) in [6.45, 7) is 2.05. The molecule has 1 fully saturated rings. The Kier molecular flexibility index (Phi) is 3.35. The van der Waals surface area contributed by atoms with E-state index in [-0.39, 0.29) is 5.82 Å². The molecule has 1 aliphatic heterocycles. The molecule has 3 heterocycles. The van der Waals surface area contributed by atoms with E-state index in [2.05, 4.69) is 15.4 Å². The molecule has 2 aromatic heterocycles. The van der Waals surface area contributed by atoms with E-state index in [4.69, 9.17) is 0 Å². The van der Waals surface area contributed by atoms with E-state index >= 15 is 0 Å². The largest absolute Gasteiger partial charge is 0.316 e. The average Bonchev–Trinajstić information content (AvgIpc) is 3.00. The third-order valence-corrected chi connectivity index (χ3v) is 4.22. The van der Waals surface area contributed by atoms with Crippen molar-refractivity contribution in [3.05, 3.63) is 54.1 Å². The quantitative estimate of drug-likeness (QED) is 0.790. The Morgan fingerprint density at radius 3 is 3.00 bits per heavy atom. The van der Waals surface area contributed by atoms with Crippen molar-refractivity contribution in [2.45, 2.75) is 18.8 Å². The van der Waals surface area contributed by atoms with Crippen LogP contribution in [0.1, 0.15) is 24.5 Å². The summed E-state index contributed by atoms with van der Waals surface area (Å²) in [5.74, 6) is 0.193. The van der Waals surface area contributed by atoms with Gasteiger partial charge in [0.1, 0.15) is 5.82 Å². The SMILES string of the molecule is Fc1cccc(-c2cc3nccc([C@H]4CCCNC4)n3n2)c1. The fraction of sp³-hybridized carbons (Fsp3) is 0.294. The van der Waals surface area contributed by atoms with Crippen LogP contribution < -0.4 is 5.32 Å². The van der Waals surface area contributed by atoms with Gasteiger partial charge < -0.3 is 5.32 Å². The van der Waals surface area contributed by atoms with Gasteiger partial charge in [-0.25, -0.2) is 13.9 Å². The molecule has 0 radical (unpaired) electrons. The molecule has 1 aliphatic rings. The highest BCUT2D eigenvalue weighted by molar-refractivity contribution is 5.64. The van der Waals surface area contributed by atoms with Gasteiger partial charge in [-0.05, 0) is 37.6 Å². The molecule has 0 spiro atoms. The minimum absolute atomic E-state index is 0.251. The minimum atomic E-state index is -0.251. The number of piperidine rings is 1. The Labute approximate surface area is 128 Å². The van der Waals surface area contributed by atoms with Crippen LogP contribution in [0.25, 0.3) is 16.9 Å². The van der Waals surface area contributed by atoms with Crippen molar-refractivity contribution in [3.8, 4) is 11.3 Å². The molecule has 4 nitrogen and oxygen atoms in total. The molecule has 0 unspecified atom stereocenters. The Morgan fingerprint density at radius 1 is 1.23 bits per heavy atom. The van der Waals surface area contributed by atoms with Crippen LogP contribution in [-0.2, 0) is 0 Å². The molecule has 3 aromatic rings. The summed E-state index contributed by atoms with van der Waals surface area (Å²) in [5.41, 5.74) is 3.50. The maximum atomic E-state index is 13.4. The van der Waals surface area contributed by atoms with Gasteiger partial charge >= 0.3 is 0 Å². The highest BCUT2D eigenvalue weighted by atomic mass is 19.1. The smallest absolute Gasteiger partial charge is 0.155 e. The highest BCUT2D eigenvalue weighted by Gasteiger charge is 2.19. The fourth-order valence-corrected chi connectivity index (χ4v) is 3.12. The van der Waals surface area contributed by atoms with Gasteiger partial charge in [-0.3, -0.25) is 0 Å². The monoisotopic (exact) mass is 296 g/mol. The van der Waals surface area contributed by atoms with E-state index in [1.807, 2.05) is 28.9 Å². The second-order valence-electron chi connectivity index (χ2n) is 5.72. The number of hydrogen-bond acceptors (Lipinski definition) is 3. The van der Waals surface area contributed by atoms with E-state index in [0.29, 0.717) is 5.92 Å². The maximum Gasteiger partial charge on any atom is 0.155 e. The van der Waals surface area contributed by atoms with Crippen LogP contribution in [0.3, 0.4) is 0 Å². The molecule has 4 rings (SSSR count). The molecule has 0 aliphatic carbocycles. The van der Waals surface area contributed by atoms with Crippen molar-refractivity contribution in [1.82, 2.24) is 19.9 Å². The summed E-state index contributed by atoms with van der Waals surface area (Å²) < 4.78 is 15.3. The number of nitrogens with zero attached hydrogens (tertiary/aromatic N) is 3. The molecular formula is C17H17FN4. The van der Waals surface area contributed by atoms with Gasteiger partial charge in [-0.1, -0.05) is 12.1 Å². The van der Waals surface area contributed by atoms with Crippen LogP contribution in [0.5, 0.6) is 0 Å². The lowest BCUT2D eigenvalue weighted by Gasteiger charge is -2.23. The summed E-state index contributed by atoms with van der Waals surface area (Å²) in [6.07, 6.45) is 4.16. The summed E-state index contributed by atoms with van der Waals surface area (Å²) in [7, 11) is 0. The maximum absolute atomic E-state index is 13.4. The number of benzene rings is 1. The predicted octanol–water partition coefficient (Wildman–Crippen LogP) is 3.00. The van der Waals surface area contributed by atoms with Gasteiger partial charge in [0.15, 0.2) is 5.65 Å². The third kappa shape index (κ3) is 2.37. The topological polar surface area (TPSA) is 42.2 Å². The zero-order valence-corrected chi connectivity index (χ0v) is 12.2. The fourth-order valence-electron chi connectivity index (χ4n) is 3.12. The standard InChI is InChI=1S/C17H17FN4/c18-14-5-1-3-12(9-14)15-10-17-20-8-6-16(22(17)21-15)13-4-2-7-19-11-13/h1,3,5-6,8-10,13,19H,2,4,7,11H2/t13-/m0/s1. The van der Waals surface area contributed by atoms with Crippen LogP contribution in [-0.4, -0.2) is 27.7 Å². The Balaban J connectivity index is 1.80. The summed E-state index contributed by atoms with van der Waals surface area (Å²) in [6, 6.07) is 10.5. The number of nitrogens with one attached hydrogen (secondary N) is 1. The van der Waals surface area contributed by atoms with Crippen LogP contribution in [0.4, 0.5) is 4.39 Å². The zero-order valence-electron chi connectivity index (χ0n) is 12.2. The second kappa shape index (κ2) is 5.50. The molecule has 1 saturated heterocycles. The van der Waals surface area contributed by atoms with Gasteiger partial charge in [-0.2, -0.15) is 5.10 Å². The normalized spacial score (nSPS) is 18.7. The van der Waals surface area contributed by atoms with Crippen molar-refractivity contribution >= 4 is 5.65 Å². The molecular weight excluding hydrogens is 279 g/mol. The highest BCUT2D eigenvalue weighted by Crippen LogP contribution is 2.26. The van der Waals surface area contributed by atoms with Gasteiger partial charge in [0, 0.05) is 30.3 Å². The van der Waals surface area contributed by atoms with Crippen LogP contribution >= 0.6 is 0 Å². The van der Waals surface area contributed by atoms with Crippen molar-refractivity contribution in [2.24, 2.45) is 0 Å². The van der Waals surface area contributed by atoms with Crippen LogP contribution in [0.2, 0.25) is 0 Å². The van der Waals surface area contributed by atoms with E-state index in [9.17, 15) is 4.39 Å². The number of hydrogen-bond donors (Lipinski definition) is 1. The molecule has 0 amide bonds. The van der Waals surface area contributed by atoms with Crippen molar-refractivity contribution in [2.75, 3.05) is 13.1 Å². The van der Waals surface area contributed by atoms with Crippen molar-refractivity contribution < 1.29 is 4.39 Å². The first-order chi connectivity index (χ1) is 10.8. The zero-order chi connectivity index (χ0) is 14.9. The van der Waals surface area contributed by atoms with E-state index in [1.54, 1.807) is 6.07 Å². The molecule has 22 heavy (non-hydrogen) atoms. The summed E-state index contributed by atoms with van der Waals surface area (Å²) >= 11 is 0. The van der Waals surface area contributed by atoms with Crippen LogP contribution in [0.15, 0.2) is 42.6 Å². The van der Waals surface area contributed by atoms with E-state index in [1.165, 1.54) is 24.2 Å². The first-order valence-corrected chi connectivity index (χ1v) is 7.62. The van der Waals surface area contributed by atoms with Gasteiger partial charge in [0.25, 0.3) is 0 Å². The number of halogens is 1. The van der Waals surface area contributed by atoms with Crippen molar-refractivity contribution in [1.29, 1.82) is 0 Å². The Hall–Kier alpha value is -2.27. The van der Waals surface area contributed by atoms with E-state index in [0.717, 1.165) is 36.4 Å². The molecule has 1 atom stereocenters. The number of rotatable bonds is 2. The first-order valence-electron chi connectivity index (χ1n) is 7.62. The molecule has 0 bridgehead atoms. The van der Waals surface area contributed by atoms with Crippen molar-refractivity contribution in [3.63, 3.8) is 0 Å². The number of fused-ring (bicyclic) bond motifs is 1. The Bertz CT molecular complexity index is 805. The summed E-state index contributed by atoms with van der Waals surface area (Å²) in [4.78, 5) is 4.39. The lowest BCUT2D eigenvalue weighted by atomic mass is 9.96. The van der Waals surface area contributed by atoms with E-state index < -0.39 is 0 Å². The third-order valence-electron chi connectivity index (χ3n) is 4.22. The lowest BCUT2D eigenvalue weighted by Crippen LogP contribution is -2.29.